The fourth-order valence-electron chi connectivity index (χ4n) is 2.48. The second kappa shape index (κ2) is 6.78. The molecule has 8 heteroatoms. The number of nitrogens with zero attached hydrogens (tertiary/aromatic N) is 2. The molecule has 3 rings (SSSR count). The van der Waals surface area contributed by atoms with E-state index < -0.39 is 11.1 Å². The summed E-state index contributed by atoms with van der Waals surface area (Å²) in [6, 6.07) is 8.87. The van der Waals surface area contributed by atoms with E-state index in [1.165, 1.54) is 0 Å². The van der Waals surface area contributed by atoms with Crippen LogP contribution < -0.4 is 16.4 Å². The number of hydrogen-bond donors (Lipinski definition) is 3. The van der Waals surface area contributed by atoms with E-state index in [2.05, 4.69) is 20.8 Å². The Bertz CT molecular complexity index is 698. The minimum Gasteiger partial charge on any atom is -0.337 e. The molecule has 0 bridgehead atoms. The average Bonchev–Trinajstić information content (AvgIpc) is 2.96. The number of nitrogens with one attached hydrogen (secondary N) is 2. The van der Waals surface area contributed by atoms with E-state index >= 15 is 0 Å². The van der Waals surface area contributed by atoms with Crippen LogP contribution in [0.3, 0.4) is 0 Å². The van der Waals surface area contributed by atoms with Gasteiger partial charge in [0.15, 0.2) is 5.82 Å². The second-order valence-corrected chi connectivity index (χ2v) is 6.50. The highest BCUT2D eigenvalue weighted by atomic mass is 35.5. The van der Waals surface area contributed by atoms with Gasteiger partial charge in [-0.2, -0.15) is 4.98 Å². The van der Waals surface area contributed by atoms with Crippen LogP contribution in [-0.4, -0.2) is 16.2 Å². The zero-order valence-electron chi connectivity index (χ0n) is 13.7. The number of para-hydroxylation sites is 1. The van der Waals surface area contributed by atoms with E-state index in [0.29, 0.717) is 17.4 Å². The van der Waals surface area contributed by atoms with Crippen LogP contribution in [0.15, 0.2) is 34.9 Å². The molecule has 1 aromatic heterocycles. The first-order valence-corrected chi connectivity index (χ1v) is 7.67. The average molecular weight is 352 g/mol. The zero-order chi connectivity index (χ0) is 16.5. The molecule has 4 N–H and O–H groups in total. The molecule has 1 aromatic carbocycles. The second-order valence-electron chi connectivity index (χ2n) is 6.50. The molecule has 1 aliphatic rings. The van der Waals surface area contributed by atoms with Crippen molar-refractivity contribution in [2.45, 2.75) is 44.2 Å². The highest BCUT2D eigenvalue weighted by Crippen LogP contribution is 2.37. The Morgan fingerprint density at radius 1 is 1.29 bits per heavy atom. The van der Waals surface area contributed by atoms with Gasteiger partial charge < -0.3 is 20.9 Å². The van der Waals surface area contributed by atoms with E-state index in [1.54, 1.807) is 13.8 Å². The van der Waals surface area contributed by atoms with Crippen LogP contribution in [0.5, 0.6) is 0 Å². The van der Waals surface area contributed by atoms with E-state index in [-0.39, 0.29) is 18.4 Å². The van der Waals surface area contributed by atoms with Gasteiger partial charge in [-0.1, -0.05) is 23.4 Å². The molecule has 0 saturated heterocycles. The number of halogens is 1. The first-order chi connectivity index (χ1) is 10.9. The number of benzene rings is 1. The maximum Gasteiger partial charge on any atom is 0.320 e. The van der Waals surface area contributed by atoms with Crippen LogP contribution in [0, 0.1) is 0 Å². The summed E-state index contributed by atoms with van der Waals surface area (Å²) in [6.45, 7) is 3.61. The molecule has 1 heterocycles. The highest BCUT2D eigenvalue weighted by molar-refractivity contribution is 5.89. The predicted octanol–water partition coefficient (Wildman–Crippen LogP) is 2.89. The van der Waals surface area contributed by atoms with Gasteiger partial charge in [0.05, 0.1) is 5.54 Å². The Morgan fingerprint density at radius 2 is 1.96 bits per heavy atom. The summed E-state index contributed by atoms with van der Waals surface area (Å²) in [5.41, 5.74) is 5.63. The van der Waals surface area contributed by atoms with E-state index in [0.717, 1.165) is 19.3 Å². The van der Waals surface area contributed by atoms with Gasteiger partial charge >= 0.3 is 6.03 Å². The molecular weight excluding hydrogens is 330 g/mol. The van der Waals surface area contributed by atoms with Crippen molar-refractivity contribution in [3.8, 4) is 0 Å². The molecule has 0 unspecified atom stereocenters. The maximum absolute atomic E-state index is 12.1. The Hall–Kier alpha value is -2.12. The molecule has 2 amide bonds. The molecule has 2 aromatic rings. The van der Waals surface area contributed by atoms with Gasteiger partial charge in [-0.3, -0.25) is 0 Å². The number of aromatic nitrogens is 2. The van der Waals surface area contributed by atoms with Crippen molar-refractivity contribution >= 4 is 24.1 Å². The van der Waals surface area contributed by atoms with Gasteiger partial charge in [0, 0.05) is 5.69 Å². The van der Waals surface area contributed by atoms with Gasteiger partial charge in [-0.05, 0) is 45.2 Å². The normalized spacial score (nSPS) is 15.8. The van der Waals surface area contributed by atoms with Gasteiger partial charge in [-0.15, -0.1) is 12.4 Å². The molecule has 24 heavy (non-hydrogen) atoms. The van der Waals surface area contributed by atoms with E-state index in [1.807, 2.05) is 30.3 Å². The smallest absolute Gasteiger partial charge is 0.320 e. The zero-order valence-corrected chi connectivity index (χ0v) is 14.5. The SMILES string of the molecule is CC(C)(NC(=O)Nc1ccccc1)c1nc(C2(N)CCC2)no1.Cl. The Labute approximate surface area is 146 Å². The van der Waals surface area contributed by atoms with Crippen LogP contribution >= 0.6 is 12.4 Å². The maximum atomic E-state index is 12.1. The van der Waals surface area contributed by atoms with Crippen LogP contribution in [0.2, 0.25) is 0 Å². The third-order valence-corrected chi connectivity index (χ3v) is 4.11. The summed E-state index contributed by atoms with van der Waals surface area (Å²) in [6.07, 6.45) is 2.78. The lowest BCUT2D eigenvalue weighted by atomic mass is 9.77. The van der Waals surface area contributed by atoms with Crippen LogP contribution in [-0.2, 0) is 11.1 Å². The van der Waals surface area contributed by atoms with Gasteiger partial charge in [0.25, 0.3) is 5.89 Å². The van der Waals surface area contributed by atoms with Crippen LogP contribution in [0.1, 0.15) is 44.8 Å². The number of carbonyl (C=O) groups is 1. The fraction of sp³-hybridized carbons (Fsp3) is 0.438. The standard InChI is InChI=1S/C16H21N5O2.ClH/c1-15(2,20-14(22)18-11-7-4-3-5-8-11)13-19-12(21-23-13)16(17)9-6-10-16;/h3-5,7-8H,6,9-10,17H2,1-2H3,(H2,18,20,22);1H. The number of carbonyl (C=O) groups excluding carboxylic acids is 1. The molecule has 1 saturated carbocycles. The van der Waals surface area contributed by atoms with Crippen molar-refractivity contribution in [2.24, 2.45) is 5.73 Å². The van der Waals surface area contributed by atoms with E-state index in [9.17, 15) is 4.79 Å². The van der Waals surface area contributed by atoms with Crippen molar-refractivity contribution in [3.05, 3.63) is 42.0 Å². The van der Waals surface area contributed by atoms with Crippen molar-refractivity contribution in [2.75, 3.05) is 5.32 Å². The highest BCUT2D eigenvalue weighted by Gasteiger charge is 2.40. The lowest BCUT2D eigenvalue weighted by Crippen LogP contribution is -2.45. The molecule has 1 fully saturated rings. The first-order valence-electron chi connectivity index (χ1n) is 7.67. The third-order valence-electron chi connectivity index (χ3n) is 4.11. The van der Waals surface area contributed by atoms with Gasteiger partial charge in [-0.25, -0.2) is 4.79 Å². The van der Waals surface area contributed by atoms with Crippen molar-refractivity contribution < 1.29 is 9.32 Å². The molecule has 7 nitrogen and oxygen atoms in total. The number of nitrogens with two attached hydrogens (primary N) is 1. The molecule has 0 aliphatic heterocycles. The molecule has 130 valence electrons. The summed E-state index contributed by atoms with van der Waals surface area (Å²) < 4.78 is 5.32. The lowest BCUT2D eigenvalue weighted by Gasteiger charge is -2.34. The fourth-order valence-corrected chi connectivity index (χ4v) is 2.48. The van der Waals surface area contributed by atoms with Crippen LogP contribution in [0.4, 0.5) is 10.5 Å². The topological polar surface area (TPSA) is 106 Å². The van der Waals surface area contributed by atoms with Gasteiger partial charge in [0.1, 0.15) is 5.54 Å². The summed E-state index contributed by atoms with van der Waals surface area (Å²) in [5, 5.41) is 9.58. The Balaban J connectivity index is 0.00000208. The summed E-state index contributed by atoms with van der Waals surface area (Å²) in [4.78, 5) is 16.5. The summed E-state index contributed by atoms with van der Waals surface area (Å²) in [7, 11) is 0. The molecule has 0 atom stereocenters. The molecule has 1 aliphatic carbocycles. The quantitative estimate of drug-likeness (QED) is 0.785. The van der Waals surface area contributed by atoms with Gasteiger partial charge in [0.2, 0.25) is 0 Å². The number of hydrogen-bond acceptors (Lipinski definition) is 5. The minimum atomic E-state index is -0.801. The number of anilines is 1. The summed E-state index contributed by atoms with van der Waals surface area (Å²) in [5.74, 6) is 0.851. The lowest BCUT2D eigenvalue weighted by molar-refractivity contribution is 0.220. The third kappa shape index (κ3) is 3.68. The van der Waals surface area contributed by atoms with E-state index in [4.69, 9.17) is 10.3 Å². The van der Waals surface area contributed by atoms with Crippen molar-refractivity contribution in [3.63, 3.8) is 0 Å². The minimum absolute atomic E-state index is 0. The number of rotatable bonds is 4. The molecule has 0 radical (unpaired) electrons. The van der Waals surface area contributed by atoms with Crippen molar-refractivity contribution in [1.82, 2.24) is 15.5 Å². The Morgan fingerprint density at radius 3 is 2.54 bits per heavy atom. The number of urea groups is 1. The first kappa shape index (κ1) is 18.2. The Kier molecular flexibility index (Phi) is 5.15. The van der Waals surface area contributed by atoms with Crippen molar-refractivity contribution in [1.29, 1.82) is 0 Å². The molecular formula is C16H22ClN5O2. The monoisotopic (exact) mass is 351 g/mol. The predicted molar refractivity (Wildman–Crippen MR) is 92.9 cm³/mol. The summed E-state index contributed by atoms with van der Waals surface area (Å²) >= 11 is 0. The largest absolute Gasteiger partial charge is 0.337 e. The number of amides is 2. The molecule has 0 spiro atoms. The van der Waals surface area contributed by atoms with Crippen LogP contribution in [0.25, 0.3) is 0 Å².